The summed E-state index contributed by atoms with van der Waals surface area (Å²) in [6.07, 6.45) is -5.58. The van der Waals surface area contributed by atoms with E-state index in [1.165, 1.54) is 6.92 Å². The van der Waals surface area contributed by atoms with Gasteiger partial charge in [-0.3, -0.25) is 4.79 Å². The predicted molar refractivity (Wildman–Crippen MR) is 67.8 cm³/mol. The van der Waals surface area contributed by atoms with Crippen molar-refractivity contribution in [2.75, 3.05) is 6.54 Å². The molecule has 0 rings (SSSR count). The van der Waals surface area contributed by atoms with Crippen molar-refractivity contribution >= 4 is 5.91 Å². The van der Waals surface area contributed by atoms with Gasteiger partial charge in [-0.1, -0.05) is 20.8 Å². The standard InChI is InChI=1S/C13H15F12NO/c1-4-8(2,3)7(27)26-5-9(16,17)11(20,21)13(24,25)12(22,23)10(18,19)6(14)15/h6H,4-5H2,1-3H3,(H,26,27). The first-order valence-electron chi connectivity index (χ1n) is 7.09. The van der Waals surface area contributed by atoms with E-state index in [0.29, 0.717) is 0 Å². The van der Waals surface area contributed by atoms with Crippen molar-refractivity contribution in [2.45, 2.75) is 63.2 Å². The van der Waals surface area contributed by atoms with E-state index in [4.69, 9.17) is 0 Å². The number of hydrogen-bond acceptors (Lipinski definition) is 1. The lowest BCUT2D eigenvalue weighted by Gasteiger charge is -2.39. The molecule has 162 valence electrons. The molecule has 14 heteroatoms. The van der Waals surface area contributed by atoms with Gasteiger partial charge in [-0.25, -0.2) is 8.78 Å². The van der Waals surface area contributed by atoms with Crippen LogP contribution in [0.25, 0.3) is 0 Å². The highest BCUT2D eigenvalue weighted by Gasteiger charge is 2.87. The Hall–Kier alpha value is -1.37. The first-order chi connectivity index (χ1) is 11.6. The molecular formula is C13H15F12NO. The molecule has 0 heterocycles. The van der Waals surface area contributed by atoms with Crippen molar-refractivity contribution in [3.05, 3.63) is 0 Å². The fraction of sp³-hybridized carbons (Fsp3) is 0.923. The Bertz CT molecular complexity index is 543. The second-order valence-corrected chi connectivity index (χ2v) is 6.27. The van der Waals surface area contributed by atoms with Gasteiger partial charge in [0.1, 0.15) is 0 Å². The summed E-state index contributed by atoms with van der Waals surface area (Å²) in [5, 5.41) is 1.12. The van der Waals surface area contributed by atoms with Crippen molar-refractivity contribution in [2.24, 2.45) is 5.41 Å². The molecule has 1 N–H and O–H groups in total. The molecule has 0 aliphatic heterocycles. The van der Waals surface area contributed by atoms with Crippen LogP contribution in [0.3, 0.4) is 0 Å². The van der Waals surface area contributed by atoms with Gasteiger partial charge in [0.15, 0.2) is 0 Å². The van der Waals surface area contributed by atoms with Crippen molar-refractivity contribution in [3.8, 4) is 0 Å². The number of amides is 1. The van der Waals surface area contributed by atoms with Crippen molar-refractivity contribution in [3.63, 3.8) is 0 Å². The number of carbonyl (C=O) groups is 1. The maximum Gasteiger partial charge on any atom is 0.384 e. The van der Waals surface area contributed by atoms with E-state index >= 15 is 0 Å². The third-order valence-electron chi connectivity index (χ3n) is 3.91. The molecule has 0 aliphatic carbocycles. The zero-order chi connectivity index (χ0) is 22.3. The Balaban J connectivity index is 5.83. The molecule has 2 nitrogen and oxygen atoms in total. The number of nitrogens with one attached hydrogen (secondary N) is 1. The Morgan fingerprint density at radius 1 is 0.815 bits per heavy atom. The Labute approximate surface area is 145 Å². The largest absolute Gasteiger partial charge is 0.384 e. The molecule has 0 saturated heterocycles. The lowest BCUT2D eigenvalue weighted by molar-refractivity contribution is -0.411. The number of rotatable bonds is 9. The second-order valence-electron chi connectivity index (χ2n) is 6.27. The number of halogens is 12. The molecule has 0 fully saturated rings. The van der Waals surface area contributed by atoms with E-state index in [2.05, 4.69) is 0 Å². The minimum Gasteiger partial charge on any atom is -0.349 e. The van der Waals surface area contributed by atoms with Gasteiger partial charge < -0.3 is 5.32 Å². The lowest BCUT2D eigenvalue weighted by Crippen LogP contribution is -2.70. The summed E-state index contributed by atoms with van der Waals surface area (Å²) in [5.74, 6) is -36.9. The van der Waals surface area contributed by atoms with E-state index in [9.17, 15) is 57.5 Å². The smallest absolute Gasteiger partial charge is 0.349 e. The van der Waals surface area contributed by atoms with Crippen LogP contribution in [0.4, 0.5) is 52.7 Å². The van der Waals surface area contributed by atoms with Crippen LogP contribution < -0.4 is 5.32 Å². The Kier molecular flexibility index (Phi) is 6.86. The number of alkyl halides is 12. The van der Waals surface area contributed by atoms with Gasteiger partial charge >= 0.3 is 36.0 Å². The van der Waals surface area contributed by atoms with Crippen LogP contribution in [0.5, 0.6) is 0 Å². The third-order valence-corrected chi connectivity index (χ3v) is 3.91. The minimum atomic E-state index is -7.59. The van der Waals surface area contributed by atoms with Crippen molar-refractivity contribution in [1.29, 1.82) is 0 Å². The summed E-state index contributed by atoms with van der Waals surface area (Å²) in [6.45, 7) is 1.02. The van der Waals surface area contributed by atoms with Gasteiger partial charge in [0.05, 0.1) is 6.54 Å². The van der Waals surface area contributed by atoms with Gasteiger partial charge in [-0.2, -0.15) is 43.9 Å². The summed E-state index contributed by atoms with van der Waals surface area (Å²) in [5.41, 5.74) is -1.44. The molecule has 0 aromatic heterocycles. The van der Waals surface area contributed by atoms with E-state index < -0.39 is 53.9 Å². The summed E-state index contributed by atoms with van der Waals surface area (Å²) < 4.78 is 155. The average molecular weight is 429 g/mol. The normalized spacial score (nSPS) is 15.3. The molecule has 0 saturated carbocycles. The summed E-state index contributed by atoms with van der Waals surface area (Å²) >= 11 is 0. The molecule has 0 radical (unpaired) electrons. The fourth-order valence-corrected chi connectivity index (χ4v) is 1.48. The first-order valence-corrected chi connectivity index (χ1v) is 7.09. The highest BCUT2D eigenvalue weighted by Crippen LogP contribution is 2.57. The van der Waals surface area contributed by atoms with Gasteiger partial charge in [-0.05, 0) is 6.42 Å². The fourth-order valence-electron chi connectivity index (χ4n) is 1.48. The molecule has 0 unspecified atom stereocenters. The van der Waals surface area contributed by atoms with Crippen molar-refractivity contribution in [1.82, 2.24) is 5.32 Å². The van der Waals surface area contributed by atoms with Gasteiger partial charge in [0.2, 0.25) is 5.91 Å². The molecular weight excluding hydrogens is 414 g/mol. The zero-order valence-corrected chi connectivity index (χ0v) is 13.9. The zero-order valence-electron chi connectivity index (χ0n) is 13.9. The maximum absolute atomic E-state index is 13.5. The molecule has 0 aromatic rings. The highest BCUT2D eigenvalue weighted by atomic mass is 19.4. The molecule has 0 atom stereocenters. The average Bonchev–Trinajstić information content (AvgIpc) is 2.51. The molecule has 1 amide bonds. The Morgan fingerprint density at radius 2 is 1.22 bits per heavy atom. The third kappa shape index (κ3) is 4.08. The van der Waals surface area contributed by atoms with Crippen LogP contribution in [0.1, 0.15) is 27.2 Å². The van der Waals surface area contributed by atoms with Crippen LogP contribution in [-0.4, -0.2) is 48.5 Å². The molecule has 0 spiro atoms. The minimum absolute atomic E-state index is 0.0321. The number of carbonyl (C=O) groups excluding carboxylic acids is 1. The monoisotopic (exact) mass is 429 g/mol. The van der Waals surface area contributed by atoms with E-state index in [1.54, 1.807) is 0 Å². The van der Waals surface area contributed by atoms with E-state index in [1.807, 2.05) is 0 Å². The van der Waals surface area contributed by atoms with E-state index in [-0.39, 0.29) is 6.42 Å². The lowest BCUT2D eigenvalue weighted by atomic mass is 9.89. The molecule has 0 aromatic carbocycles. The van der Waals surface area contributed by atoms with Crippen LogP contribution >= 0.6 is 0 Å². The Morgan fingerprint density at radius 3 is 1.56 bits per heavy atom. The van der Waals surface area contributed by atoms with Gasteiger partial charge in [-0.15, -0.1) is 0 Å². The first kappa shape index (κ1) is 25.6. The summed E-state index contributed by atoms with van der Waals surface area (Å²) in [7, 11) is 0. The summed E-state index contributed by atoms with van der Waals surface area (Å²) in [4.78, 5) is 11.5. The van der Waals surface area contributed by atoms with Crippen molar-refractivity contribution < 1.29 is 57.5 Å². The van der Waals surface area contributed by atoms with Gasteiger partial charge in [0.25, 0.3) is 0 Å². The van der Waals surface area contributed by atoms with Crippen LogP contribution in [-0.2, 0) is 4.79 Å². The quantitative estimate of drug-likeness (QED) is 0.515. The molecule has 0 bridgehead atoms. The molecule has 0 aliphatic rings. The second kappa shape index (κ2) is 7.22. The van der Waals surface area contributed by atoms with Gasteiger partial charge in [0, 0.05) is 5.41 Å². The van der Waals surface area contributed by atoms with E-state index in [0.717, 1.165) is 19.2 Å². The molecule has 27 heavy (non-hydrogen) atoms. The predicted octanol–water partition coefficient (Wildman–Crippen LogP) is 4.98. The van der Waals surface area contributed by atoms with Crippen LogP contribution in [0.15, 0.2) is 0 Å². The highest BCUT2D eigenvalue weighted by molar-refractivity contribution is 5.81. The number of hydrogen-bond donors (Lipinski definition) is 1. The summed E-state index contributed by atoms with van der Waals surface area (Å²) in [6, 6.07) is 0. The topological polar surface area (TPSA) is 29.1 Å². The van der Waals surface area contributed by atoms with Crippen LogP contribution in [0.2, 0.25) is 0 Å². The maximum atomic E-state index is 13.5. The van der Waals surface area contributed by atoms with Crippen LogP contribution in [0, 0.1) is 5.41 Å². The SMILES string of the molecule is CCC(C)(C)C(=O)NCC(F)(F)C(F)(F)C(F)(F)C(F)(F)C(F)(F)C(F)F.